The molecular weight excluding hydrogens is 488 g/mol. The lowest BCUT2D eigenvalue weighted by molar-refractivity contribution is -0.140. The van der Waals surface area contributed by atoms with Gasteiger partial charge in [0.25, 0.3) is 11.7 Å². The zero-order valence-electron chi connectivity index (χ0n) is 22.5. The van der Waals surface area contributed by atoms with Crippen molar-refractivity contribution in [2.75, 3.05) is 54.1 Å². The topological polar surface area (TPSA) is 97.8 Å². The first-order valence-electron chi connectivity index (χ1n) is 13.0. The molecule has 1 N–H and O–H groups in total. The number of aliphatic hydroxyl groups excluding tert-OH is 1. The molecule has 0 saturated carbocycles. The Hall–Kier alpha value is -3.72. The second-order valence-electron chi connectivity index (χ2n) is 9.62. The predicted octanol–water partition coefficient (Wildman–Crippen LogP) is 4.02. The van der Waals surface area contributed by atoms with Crippen LogP contribution in [0.3, 0.4) is 0 Å². The van der Waals surface area contributed by atoms with Crippen molar-refractivity contribution in [3.63, 3.8) is 0 Å². The van der Waals surface area contributed by atoms with Gasteiger partial charge in [0.05, 0.1) is 25.3 Å². The van der Waals surface area contributed by atoms with Crippen molar-refractivity contribution in [1.29, 1.82) is 0 Å². The third-order valence-corrected chi connectivity index (χ3v) is 6.65. The number of nitrogens with zero attached hydrogens (tertiary/aromatic N) is 2. The van der Waals surface area contributed by atoms with Crippen molar-refractivity contribution in [3.8, 4) is 23.0 Å². The van der Waals surface area contributed by atoms with Gasteiger partial charge in [-0.25, -0.2) is 0 Å². The molecule has 9 nitrogen and oxygen atoms in total. The summed E-state index contributed by atoms with van der Waals surface area (Å²) in [4.78, 5) is 30.0. The maximum atomic E-state index is 13.3. The minimum Gasteiger partial charge on any atom is -0.507 e. The number of Topliss-reactive ketones (excluding diaryl/α,β-unsaturated/α-hetero) is 1. The first kappa shape index (κ1) is 27.3. The Kier molecular flexibility index (Phi) is 8.78. The number of benzene rings is 2. The largest absolute Gasteiger partial charge is 0.507 e. The van der Waals surface area contributed by atoms with Crippen LogP contribution in [0.1, 0.15) is 43.4 Å². The standard InChI is InChI=1S/C29H36N2O7/c1-5-6-7-14-36-21-10-8-19(17-23(21)35-4)26-25(28(33)29(34)31(26)13-12-30(2)3)27(32)20-9-11-22-24(18-20)38-16-15-37-22/h8-11,17-18,26,32H,5-7,12-16H2,1-4H3/t26-/m1/s1. The van der Waals surface area contributed by atoms with Gasteiger partial charge in [-0.05, 0) is 56.4 Å². The van der Waals surface area contributed by atoms with Crippen LogP contribution < -0.4 is 18.9 Å². The van der Waals surface area contributed by atoms with Gasteiger partial charge in [-0.1, -0.05) is 25.8 Å². The Balaban J connectivity index is 1.76. The zero-order chi connectivity index (χ0) is 27.2. The van der Waals surface area contributed by atoms with E-state index in [-0.39, 0.29) is 11.3 Å². The van der Waals surface area contributed by atoms with Gasteiger partial charge in [0, 0.05) is 18.7 Å². The molecule has 204 valence electrons. The molecule has 2 aliphatic rings. The van der Waals surface area contributed by atoms with Crippen molar-refractivity contribution in [2.24, 2.45) is 0 Å². The van der Waals surface area contributed by atoms with Gasteiger partial charge in [-0.15, -0.1) is 0 Å². The molecule has 2 aromatic carbocycles. The number of hydrogen-bond acceptors (Lipinski definition) is 8. The van der Waals surface area contributed by atoms with Gasteiger partial charge >= 0.3 is 0 Å². The van der Waals surface area contributed by atoms with Crippen LogP contribution in [0.4, 0.5) is 0 Å². The fourth-order valence-corrected chi connectivity index (χ4v) is 4.62. The number of amides is 1. The molecule has 0 unspecified atom stereocenters. The molecule has 4 rings (SSSR count). The zero-order valence-corrected chi connectivity index (χ0v) is 22.5. The molecule has 0 aliphatic carbocycles. The molecule has 1 fully saturated rings. The minimum atomic E-state index is -0.800. The van der Waals surface area contributed by atoms with Crippen LogP contribution >= 0.6 is 0 Å². The average Bonchev–Trinajstić information content (AvgIpc) is 3.18. The third kappa shape index (κ3) is 5.72. The molecule has 0 radical (unpaired) electrons. The van der Waals surface area contributed by atoms with Gasteiger partial charge in [0.2, 0.25) is 0 Å². The van der Waals surface area contributed by atoms with Crippen LogP contribution in [0.5, 0.6) is 23.0 Å². The number of fused-ring (bicyclic) bond motifs is 1. The lowest BCUT2D eigenvalue weighted by Crippen LogP contribution is -2.35. The highest BCUT2D eigenvalue weighted by Crippen LogP contribution is 2.43. The van der Waals surface area contributed by atoms with Gasteiger partial charge in [-0.3, -0.25) is 9.59 Å². The third-order valence-electron chi connectivity index (χ3n) is 6.65. The molecule has 1 atom stereocenters. The number of carbonyl (C=O) groups excluding carboxylic acids is 2. The SMILES string of the molecule is CCCCCOc1ccc([C@@H]2C(=C(O)c3ccc4c(c3)OCCO4)C(=O)C(=O)N2CCN(C)C)cc1OC. The molecule has 9 heteroatoms. The van der Waals surface area contributed by atoms with E-state index in [0.29, 0.717) is 67.0 Å². The van der Waals surface area contributed by atoms with Gasteiger partial charge in [0.1, 0.15) is 19.0 Å². The molecule has 1 amide bonds. The lowest BCUT2D eigenvalue weighted by Gasteiger charge is -2.27. The van der Waals surface area contributed by atoms with E-state index >= 15 is 0 Å². The number of aliphatic hydroxyl groups is 1. The van der Waals surface area contributed by atoms with Crippen LogP contribution in [-0.2, 0) is 9.59 Å². The molecule has 0 bridgehead atoms. The van der Waals surface area contributed by atoms with Crippen LogP contribution in [0.2, 0.25) is 0 Å². The van der Waals surface area contributed by atoms with Crippen molar-refractivity contribution in [3.05, 3.63) is 53.1 Å². The van der Waals surface area contributed by atoms with Crippen molar-refractivity contribution >= 4 is 17.4 Å². The second kappa shape index (κ2) is 12.2. The Morgan fingerprint density at radius 2 is 1.82 bits per heavy atom. The quantitative estimate of drug-likeness (QED) is 0.204. The number of hydrogen-bond donors (Lipinski definition) is 1. The van der Waals surface area contributed by atoms with Gasteiger partial charge in [-0.2, -0.15) is 0 Å². The average molecular weight is 525 g/mol. The molecule has 38 heavy (non-hydrogen) atoms. The van der Waals surface area contributed by atoms with Crippen molar-refractivity contribution in [1.82, 2.24) is 9.80 Å². The molecule has 2 heterocycles. The molecular formula is C29H36N2O7. The number of likely N-dealkylation sites (N-methyl/N-ethyl adjacent to an activating group) is 1. The number of likely N-dealkylation sites (tertiary alicyclic amines) is 1. The summed E-state index contributed by atoms with van der Waals surface area (Å²) >= 11 is 0. The number of ketones is 1. The van der Waals surface area contributed by atoms with Gasteiger partial charge < -0.3 is 33.9 Å². The van der Waals surface area contributed by atoms with E-state index in [0.717, 1.165) is 19.3 Å². The summed E-state index contributed by atoms with van der Waals surface area (Å²) in [7, 11) is 5.35. The molecule has 0 aromatic heterocycles. The minimum absolute atomic E-state index is 0.0177. The van der Waals surface area contributed by atoms with E-state index in [2.05, 4.69) is 6.92 Å². The maximum Gasteiger partial charge on any atom is 0.295 e. The number of ether oxygens (including phenoxy) is 4. The Morgan fingerprint density at radius 3 is 2.53 bits per heavy atom. The maximum absolute atomic E-state index is 13.3. The van der Waals surface area contributed by atoms with Crippen LogP contribution in [0.25, 0.3) is 5.76 Å². The smallest absolute Gasteiger partial charge is 0.295 e. The summed E-state index contributed by atoms with van der Waals surface area (Å²) in [5.41, 5.74) is 1.02. The fourth-order valence-electron chi connectivity index (χ4n) is 4.62. The Labute approximate surface area is 223 Å². The van der Waals surface area contributed by atoms with E-state index in [9.17, 15) is 14.7 Å². The number of carbonyl (C=O) groups is 2. The monoisotopic (exact) mass is 524 g/mol. The Bertz CT molecular complexity index is 1210. The van der Waals surface area contributed by atoms with E-state index in [1.165, 1.54) is 4.90 Å². The highest BCUT2D eigenvalue weighted by molar-refractivity contribution is 6.46. The summed E-state index contributed by atoms with van der Waals surface area (Å²) in [6.07, 6.45) is 3.09. The molecule has 0 spiro atoms. The van der Waals surface area contributed by atoms with Gasteiger partial charge in [0.15, 0.2) is 23.0 Å². The van der Waals surface area contributed by atoms with E-state index in [1.807, 2.05) is 25.1 Å². The molecule has 2 aliphatic heterocycles. The summed E-state index contributed by atoms with van der Waals surface area (Å²) in [6.45, 7) is 4.37. The Morgan fingerprint density at radius 1 is 1.05 bits per heavy atom. The first-order valence-corrected chi connectivity index (χ1v) is 13.0. The molecule has 1 saturated heterocycles. The summed E-state index contributed by atoms with van der Waals surface area (Å²) in [6, 6.07) is 9.54. The summed E-state index contributed by atoms with van der Waals surface area (Å²) in [5.74, 6) is 0.465. The van der Waals surface area contributed by atoms with E-state index in [1.54, 1.807) is 37.4 Å². The van der Waals surface area contributed by atoms with E-state index < -0.39 is 17.7 Å². The van der Waals surface area contributed by atoms with E-state index in [4.69, 9.17) is 18.9 Å². The van der Waals surface area contributed by atoms with Crippen LogP contribution in [0, 0.1) is 0 Å². The van der Waals surface area contributed by atoms with Crippen molar-refractivity contribution < 1.29 is 33.6 Å². The number of methoxy groups -OCH3 is 1. The number of unbranched alkanes of at least 4 members (excludes halogenated alkanes) is 2. The summed E-state index contributed by atoms with van der Waals surface area (Å²) < 4.78 is 22.8. The number of rotatable bonds is 11. The van der Waals surface area contributed by atoms with Crippen molar-refractivity contribution in [2.45, 2.75) is 32.2 Å². The summed E-state index contributed by atoms with van der Waals surface area (Å²) in [5, 5.41) is 11.4. The van der Waals surface area contributed by atoms with Crippen LogP contribution in [-0.4, -0.2) is 80.7 Å². The lowest BCUT2D eigenvalue weighted by atomic mass is 9.94. The van der Waals surface area contributed by atoms with Crippen LogP contribution in [0.15, 0.2) is 42.0 Å². The first-order chi connectivity index (χ1) is 18.3. The predicted molar refractivity (Wildman–Crippen MR) is 143 cm³/mol. The normalized spacial score (nSPS) is 18.2. The highest BCUT2D eigenvalue weighted by Gasteiger charge is 2.46. The highest BCUT2D eigenvalue weighted by atomic mass is 16.6. The second-order valence-corrected chi connectivity index (χ2v) is 9.62. The fraction of sp³-hybridized carbons (Fsp3) is 0.448. The molecule has 2 aromatic rings.